The summed E-state index contributed by atoms with van der Waals surface area (Å²) in [5.41, 5.74) is 0. The van der Waals surface area contributed by atoms with Gasteiger partial charge in [0.2, 0.25) is 0 Å². The molecule has 4 heteroatoms. The lowest BCUT2D eigenvalue weighted by Crippen LogP contribution is -1.86. The van der Waals surface area contributed by atoms with Gasteiger partial charge in [0.1, 0.15) is 0 Å². The van der Waals surface area contributed by atoms with Crippen molar-refractivity contribution in [3.05, 3.63) is 19.2 Å². The second kappa shape index (κ2) is 3.60. The normalized spacial score (nSPS) is 19.6. The van der Waals surface area contributed by atoms with Crippen LogP contribution in [-0.2, 0) is 0 Å². The van der Waals surface area contributed by atoms with E-state index in [0.29, 0.717) is 0 Å². The van der Waals surface area contributed by atoms with Crippen LogP contribution in [0.5, 0.6) is 0 Å². The molecule has 1 unspecified atom stereocenters. The zero-order valence-electron chi connectivity index (χ0n) is 6.19. The Morgan fingerprint density at radius 1 is 1.50 bits per heavy atom. The van der Waals surface area contributed by atoms with Gasteiger partial charge in [-0.1, -0.05) is 0 Å². The van der Waals surface area contributed by atoms with Crippen molar-refractivity contribution in [2.45, 2.75) is 18.2 Å². The maximum atomic E-state index is 6.26. The Hall–Kier alpha value is 0.950. The fraction of sp³-hybridized carbons (Fsp3) is 0.500. The summed E-state index contributed by atoms with van der Waals surface area (Å²) in [5, 5.41) is 0.234. The summed E-state index contributed by atoms with van der Waals surface area (Å²) in [6.45, 7) is 0. The smallest absolute Gasteiger partial charge is 0.0843 e. The first-order chi connectivity index (χ1) is 5.68. The molecule has 0 saturated heterocycles. The summed E-state index contributed by atoms with van der Waals surface area (Å²) in [6.07, 6.45) is 2.59. The van der Waals surface area contributed by atoms with Gasteiger partial charge in [-0.05, 0) is 56.7 Å². The highest BCUT2D eigenvalue weighted by Gasteiger charge is 2.31. The van der Waals surface area contributed by atoms with Crippen molar-refractivity contribution in [2.75, 3.05) is 0 Å². The molecule has 66 valence electrons. The molecule has 1 heterocycles. The first-order valence-corrected chi connectivity index (χ1v) is 6.61. The van der Waals surface area contributed by atoms with E-state index in [1.54, 1.807) is 11.3 Å². The van der Waals surface area contributed by atoms with E-state index in [4.69, 9.17) is 11.6 Å². The quantitative estimate of drug-likeness (QED) is 0.672. The molecule has 12 heavy (non-hydrogen) atoms. The molecule has 0 amide bonds. The number of thiophene rings is 1. The van der Waals surface area contributed by atoms with Crippen molar-refractivity contribution in [3.63, 3.8) is 0 Å². The van der Waals surface area contributed by atoms with Gasteiger partial charge in [-0.2, -0.15) is 0 Å². The zero-order valence-corrected chi connectivity index (χ0v) is 10.9. The van der Waals surface area contributed by atoms with E-state index in [9.17, 15) is 0 Å². The van der Waals surface area contributed by atoms with Gasteiger partial charge >= 0.3 is 0 Å². The topological polar surface area (TPSA) is 0 Å². The van der Waals surface area contributed by atoms with Crippen molar-refractivity contribution in [3.8, 4) is 0 Å². The predicted molar refractivity (Wildman–Crippen MR) is 61.0 cm³/mol. The van der Waals surface area contributed by atoms with Crippen LogP contribution in [0.15, 0.2) is 14.3 Å². The molecule has 0 bridgehead atoms. The van der Waals surface area contributed by atoms with Crippen molar-refractivity contribution in [2.24, 2.45) is 5.92 Å². The van der Waals surface area contributed by atoms with E-state index in [-0.39, 0.29) is 5.38 Å². The van der Waals surface area contributed by atoms with Crippen LogP contribution in [0.1, 0.15) is 23.1 Å². The number of hydrogen-bond donors (Lipinski definition) is 0. The molecule has 0 nitrogen and oxygen atoms in total. The Morgan fingerprint density at radius 2 is 2.17 bits per heavy atom. The Labute approximate surface area is 97.6 Å². The molecule has 1 aliphatic carbocycles. The van der Waals surface area contributed by atoms with E-state index in [0.717, 1.165) is 14.2 Å². The van der Waals surface area contributed by atoms with Crippen LogP contribution in [0.4, 0.5) is 0 Å². The van der Waals surface area contributed by atoms with Crippen LogP contribution >= 0.6 is 54.8 Å². The average Bonchev–Trinajstić information content (AvgIpc) is 2.80. The van der Waals surface area contributed by atoms with Gasteiger partial charge in [0.15, 0.2) is 0 Å². The van der Waals surface area contributed by atoms with Gasteiger partial charge in [0.25, 0.3) is 0 Å². The van der Waals surface area contributed by atoms with Crippen molar-refractivity contribution in [1.82, 2.24) is 0 Å². The summed E-state index contributed by atoms with van der Waals surface area (Å²) in [7, 11) is 0. The molecule has 0 aromatic carbocycles. The van der Waals surface area contributed by atoms with Crippen LogP contribution in [0.3, 0.4) is 0 Å². The minimum absolute atomic E-state index is 0.234. The van der Waals surface area contributed by atoms with E-state index in [1.165, 1.54) is 17.7 Å². The summed E-state index contributed by atoms with van der Waals surface area (Å²) >= 11 is 14.9. The molecule has 1 saturated carbocycles. The van der Waals surface area contributed by atoms with Crippen molar-refractivity contribution >= 4 is 54.8 Å². The fourth-order valence-corrected chi connectivity index (χ4v) is 3.73. The second-order valence-corrected chi connectivity index (χ2v) is 6.74. The van der Waals surface area contributed by atoms with E-state index in [1.807, 2.05) is 0 Å². The molecule has 0 N–H and O–H groups in total. The Bertz CT molecular complexity index is 274. The predicted octanol–water partition coefficient (Wildman–Crippen LogP) is 4.96. The van der Waals surface area contributed by atoms with E-state index < -0.39 is 0 Å². The monoisotopic (exact) mass is 328 g/mol. The Kier molecular flexibility index (Phi) is 2.85. The first-order valence-electron chi connectivity index (χ1n) is 3.77. The van der Waals surface area contributed by atoms with Gasteiger partial charge in [-0.3, -0.25) is 0 Å². The highest BCUT2D eigenvalue weighted by Crippen LogP contribution is 2.48. The highest BCUT2D eigenvalue weighted by atomic mass is 79.9. The molecule has 1 aliphatic rings. The maximum Gasteiger partial charge on any atom is 0.0843 e. The van der Waals surface area contributed by atoms with Crippen LogP contribution in [-0.4, -0.2) is 0 Å². The van der Waals surface area contributed by atoms with Crippen LogP contribution in [0.25, 0.3) is 0 Å². The van der Waals surface area contributed by atoms with E-state index >= 15 is 0 Å². The molecule has 1 fully saturated rings. The fourth-order valence-electron chi connectivity index (χ4n) is 1.12. The number of halogens is 3. The van der Waals surface area contributed by atoms with Gasteiger partial charge in [0.05, 0.1) is 9.16 Å². The van der Waals surface area contributed by atoms with Gasteiger partial charge in [-0.15, -0.1) is 22.9 Å². The molecule has 0 aliphatic heterocycles. The number of alkyl halides is 1. The highest BCUT2D eigenvalue weighted by molar-refractivity contribution is 9.13. The molecule has 1 atom stereocenters. The lowest BCUT2D eigenvalue weighted by atomic mass is 10.2. The molecule has 0 spiro atoms. The van der Waals surface area contributed by atoms with Crippen LogP contribution in [0.2, 0.25) is 0 Å². The SMILES string of the molecule is ClC(c1cc(Br)c(Br)s1)C1CC1. The largest absolute Gasteiger partial charge is 0.130 e. The summed E-state index contributed by atoms with van der Waals surface area (Å²) in [5.74, 6) is 0.726. The lowest BCUT2D eigenvalue weighted by molar-refractivity contribution is 0.811. The standard InChI is InChI=1S/C8H7Br2ClS/c9-5-3-6(12-8(5)10)7(11)4-1-2-4/h3-4,7H,1-2H2. The second-order valence-electron chi connectivity index (χ2n) is 3.01. The van der Waals surface area contributed by atoms with Gasteiger partial charge < -0.3 is 0 Å². The number of hydrogen-bond acceptors (Lipinski definition) is 1. The zero-order chi connectivity index (χ0) is 8.72. The summed E-state index contributed by atoms with van der Waals surface area (Å²) < 4.78 is 2.26. The van der Waals surface area contributed by atoms with Crippen molar-refractivity contribution < 1.29 is 0 Å². The Balaban J connectivity index is 2.21. The summed E-state index contributed by atoms with van der Waals surface area (Å²) in [6, 6.07) is 2.12. The minimum Gasteiger partial charge on any atom is -0.130 e. The lowest BCUT2D eigenvalue weighted by Gasteiger charge is -2.02. The molecular weight excluding hydrogens is 323 g/mol. The van der Waals surface area contributed by atoms with E-state index in [2.05, 4.69) is 37.9 Å². The third-order valence-corrected chi connectivity index (χ3v) is 6.03. The molecule has 2 rings (SSSR count). The van der Waals surface area contributed by atoms with Gasteiger partial charge in [-0.25, -0.2) is 0 Å². The Morgan fingerprint density at radius 3 is 2.58 bits per heavy atom. The van der Waals surface area contributed by atoms with Crippen molar-refractivity contribution in [1.29, 1.82) is 0 Å². The average molecular weight is 330 g/mol. The molecule has 0 radical (unpaired) electrons. The number of rotatable bonds is 2. The molecular formula is C8H7Br2ClS. The van der Waals surface area contributed by atoms with Crippen LogP contribution in [0, 0.1) is 5.92 Å². The summed E-state index contributed by atoms with van der Waals surface area (Å²) in [4.78, 5) is 1.28. The first kappa shape index (κ1) is 9.50. The third kappa shape index (κ3) is 1.89. The molecule has 1 aromatic rings. The third-order valence-electron chi connectivity index (χ3n) is 1.97. The maximum absolute atomic E-state index is 6.26. The van der Waals surface area contributed by atoms with Gasteiger partial charge in [0, 0.05) is 9.35 Å². The van der Waals surface area contributed by atoms with Crippen LogP contribution < -0.4 is 0 Å². The molecule has 1 aromatic heterocycles. The minimum atomic E-state index is 0.234.